The number of hydrogen-bond acceptors (Lipinski definition) is 3. The Morgan fingerprint density at radius 2 is 2.25 bits per heavy atom. The van der Waals surface area contributed by atoms with Gasteiger partial charge in [-0.15, -0.1) is 0 Å². The van der Waals surface area contributed by atoms with Crippen molar-refractivity contribution in [1.29, 1.82) is 0 Å². The lowest BCUT2D eigenvalue weighted by molar-refractivity contribution is 0.313. The summed E-state index contributed by atoms with van der Waals surface area (Å²) in [5.41, 5.74) is -0.744. The predicted octanol–water partition coefficient (Wildman–Crippen LogP) is 1.48. The second kappa shape index (κ2) is 4.30. The van der Waals surface area contributed by atoms with Gasteiger partial charge in [-0.25, -0.2) is 4.79 Å². The highest BCUT2D eigenvalue weighted by Gasteiger charge is 2.37. The van der Waals surface area contributed by atoms with E-state index in [-0.39, 0.29) is 15.5 Å². The van der Waals surface area contributed by atoms with Crippen LogP contribution in [0.5, 0.6) is 0 Å². The molecule has 0 bridgehead atoms. The lowest BCUT2D eigenvalue weighted by Crippen LogP contribution is -2.45. The largest absolute Gasteiger partial charge is 0.329 e. The van der Waals surface area contributed by atoms with Crippen LogP contribution in [0.4, 0.5) is 0 Å². The van der Waals surface area contributed by atoms with E-state index >= 15 is 0 Å². The van der Waals surface area contributed by atoms with Crippen molar-refractivity contribution in [2.45, 2.75) is 30.6 Å². The zero-order valence-electron chi connectivity index (χ0n) is 8.96. The highest BCUT2D eigenvalue weighted by Crippen LogP contribution is 2.43. The highest BCUT2D eigenvalue weighted by atomic mass is 35.5. The minimum Gasteiger partial charge on any atom is -0.298 e. The summed E-state index contributed by atoms with van der Waals surface area (Å²) in [6.45, 7) is 0.472. The second-order valence-electron chi connectivity index (χ2n) is 4.09. The molecule has 0 aromatic carbocycles. The minimum absolute atomic E-state index is 0.0602. The van der Waals surface area contributed by atoms with E-state index in [9.17, 15) is 9.59 Å². The third-order valence-corrected chi connectivity index (χ3v) is 4.74. The van der Waals surface area contributed by atoms with Gasteiger partial charge in [0, 0.05) is 17.4 Å². The van der Waals surface area contributed by atoms with E-state index in [1.165, 1.54) is 17.1 Å². The Labute approximate surface area is 102 Å². The summed E-state index contributed by atoms with van der Waals surface area (Å²) in [5.74, 6) is 0. The van der Waals surface area contributed by atoms with Crippen LogP contribution >= 0.6 is 23.4 Å². The van der Waals surface area contributed by atoms with E-state index in [0.29, 0.717) is 6.54 Å². The fourth-order valence-corrected chi connectivity index (χ4v) is 3.06. The van der Waals surface area contributed by atoms with Gasteiger partial charge in [0.2, 0.25) is 0 Å². The minimum atomic E-state index is -0.419. The first-order valence-corrected chi connectivity index (χ1v) is 6.71. The quantitative estimate of drug-likeness (QED) is 0.838. The van der Waals surface area contributed by atoms with Crippen LogP contribution in [0.1, 0.15) is 19.3 Å². The second-order valence-corrected chi connectivity index (χ2v) is 5.77. The lowest BCUT2D eigenvalue weighted by atomic mass is 9.84. The number of nitrogens with zero attached hydrogens (tertiary/aromatic N) is 1. The van der Waals surface area contributed by atoms with E-state index in [2.05, 4.69) is 4.98 Å². The fraction of sp³-hybridized carbons (Fsp3) is 0.600. The average Bonchev–Trinajstić information content (AvgIpc) is 2.14. The smallest absolute Gasteiger partial charge is 0.298 e. The van der Waals surface area contributed by atoms with Crippen molar-refractivity contribution in [3.05, 3.63) is 32.1 Å². The number of H-pyrrole nitrogens is 1. The van der Waals surface area contributed by atoms with Gasteiger partial charge in [0.15, 0.2) is 0 Å². The number of aromatic amines is 1. The summed E-state index contributed by atoms with van der Waals surface area (Å²) >= 11 is 7.33. The van der Waals surface area contributed by atoms with E-state index in [1.54, 1.807) is 11.8 Å². The normalized spacial score (nSPS) is 18.1. The Morgan fingerprint density at radius 3 is 2.69 bits per heavy atom. The summed E-state index contributed by atoms with van der Waals surface area (Å²) in [7, 11) is 0. The molecular formula is C10H13ClN2O2S. The van der Waals surface area contributed by atoms with Crippen LogP contribution in [0.3, 0.4) is 0 Å². The van der Waals surface area contributed by atoms with Crippen LogP contribution in [0.25, 0.3) is 0 Å². The molecule has 16 heavy (non-hydrogen) atoms. The van der Waals surface area contributed by atoms with Crippen LogP contribution in [-0.2, 0) is 6.54 Å². The van der Waals surface area contributed by atoms with Gasteiger partial charge < -0.3 is 0 Å². The fourth-order valence-electron chi connectivity index (χ4n) is 1.93. The van der Waals surface area contributed by atoms with Gasteiger partial charge in [-0.05, 0) is 19.1 Å². The molecule has 0 aliphatic heterocycles. The molecule has 0 saturated heterocycles. The summed E-state index contributed by atoms with van der Waals surface area (Å²) in [6, 6.07) is 1.25. The molecule has 0 amide bonds. The van der Waals surface area contributed by atoms with Crippen molar-refractivity contribution in [2.24, 2.45) is 0 Å². The number of hydrogen-bond donors (Lipinski definition) is 1. The van der Waals surface area contributed by atoms with Crippen molar-refractivity contribution in [2.75, 3.05) is 6.26 Å². The maximum Gasteiger partial charge on any atom is 0.329 e. The first-order chi connectivity index (χ1) is 7.56. The van der Waals surface area contributed by atoms with Crippen molar-refractivity contribution in [3.8, 4) is 0 Å². The topological polar surface area (TPSA) is 54.9 Å². The van der Waals surface area contributed by atoms with Gasteiger partial charge in [-0.3, -0.25) is 14.3 Å². The number of thioether (sulfide) groups is 1. The van der Waals surface area contributed by atoms with Gasteiger partial charge in [0.1, 0.15) is 5.15 Å². The molecule has 1 N–H and O–H groups in total. The third-order valence-electron chi connectivity index (χ3n) is 3.13. The van der Waals surface area contributed by atoms with Crippen molar-refractivity contribution in [3.63, 3.8) is 0 Å². The van der Waals surface area contributed by atoms with Crippen LogP contribution in [0.15, 0.2) is 15.7 Å². The number of aromatic nitrogens is 2. The van der Waals surface area contributed by atoms with Crippen LogP contribution in [-0.4, -0.2) is 20.6 Å². The molecule has 1 aliphatic rings. The standard InChI is InChI=1S/C10H13ClN2O2S/c1-16-10(3-2-4-10)6-13-8(14)5-7(11)12-9(13)15/h5H,2-4,6H2,1H3,(H,12,15). The summed E-state index contributed by atoms with van der Waals surface area (Å²) in [6.07, 6.45) is 5.31. The SMILES string of the molecule is CSC1(Cn2c(=O)cc(Cl)[nH]c2=O)CCC1. The van der Waals surface area contributed by atoms with Crippen molar-refractivity contribution in [1.82, 2.24) is 9.55 Å². The molecule has 0 radical (unpaired) electrons. The molecule has 1 aromatic heterocycles. The molecule has 1 heterocycles. The Bertz CT molecular complexity index is 468. The molecule has 6 heteroatoms. The van der Waals surface area contributed by atoms with Gasteiger partial charge in [0.05, 0.1) is 0 Å². The number of nitrogens with one attached hydrogen (secondary N) is 1. The molecule has 1 fully saturated rings. The van der Waals surface area contributed by atoms with E-state index in [1.807, 2.05) is 6.26 Å². The van der Waals surface area contributed by atoms with E-state index < -0.39 is 5.69 Å². The van der Waals surface area contributed by atoms with Crippen molar-refractivity contribution < 1.29 is 0 Å². The third kappa shape index (κ3) is 2.06. The number of halogens is 1. The van der Waals surface area contributed by atoms with Gasteiger partial charge in [-0.2, -0.15) is 11.8 Å². The monoisotopic (exact) mass is 260 g/mol. The molecule has 0 spiro atoms. The molecule has 2 rings (SSSR count). The van der Waals surface area contributed by atoms with Crippen molar-refractivity contribution >= 4 is 23.4 Å². The molecule has 0 unspecified atom stereocenters. The lowest BCUT2D eigenvalue weighted by Gasteiger charge is -2.40. The van der Waals surface area contributed by atoms with Crippen LogP contribution in [0, 0.1) is 0 Å². The number of rotatable bonds is 3. The van der Waals surface area contributed by atoms with Gasteiger partial charge in [-0.1, -0.05) is 18.0 Å². The first-order valence-electron chi connectivity index (χ1n) is 5.11. The molecule has 4 nitrogen and oxygen atoms in total. The Kier molecular flexibility index (Phi) is 3.17. The molecule has 88 valence electrons. The Balaban J connectivity index is 2.35. The molecular weight excluding hydrogens is 248 g/mol. The zero-order chi connectivity index (χ0) is 11.8. The van der Waals surface area contributed by atoms with Gasteiger partial charge in [0.25, 0.3) is 5.56 Å². The maximum atomic E-state index is 11.6. The van der Waals surface area contributed by atoms with E-state index in [4.69, 9.17) is 11.6 Å². The summed E-state index contributed by atoms with van der Waals surface area (Å²) in [5, 5.41) is 0.0954. The Hall–Kier alpha value is -0.680. The van der Waals surface area contributed by atoms with E-state index in [0.717, 1.165) is 12.8 Å². The predicted molar refractivity (Wildman–Crippen MR) is 66.4 cm³/mol. The first kappa shape index (κ1) is 11.8. The van der Waals surface area contributed by atoms with Gasteiger partial charge >= 0.3 is 5.69 Å². The summed E-state index contributed by atoms with van der Waals surface area (Å²) < 4.78 is 1.30. The Morgan fingerprint density at radius 1 is 1.56 bits per heavy atom. The highest BCUT2D eigenvalue weighted by molar-refractivity contribution is 8.00. The molecule has 1 saturated carbocycles. The van der Waals surface area contributed by atoms with Crippen LogP contribution in [0.2, 0.25) is 5.15 Å². The maximum absolute atomic E-state index is 11.6. The molecule has 1 aromatic rings. The van der Waals surface area contributed by atoms with Crippen LogP contribution < -0.4 is 11.2 Å². The molecule has 0 atom stereocenters. The summed E-state index contributed by atoms with van der Waals surface area (Å²) in [4.78, 5) is 25.7. The molecule has 1 aliphatic carbocycles. The zero-order valence-corrected chi connectivity index (χ0v) is 10.5. The average molecular weight is 261 g/mol.